The van der Waals surface area contributed by atoms with Crippen molar-refractivity contribution in [3.8, 4) is 22.5 Å². The van der Waals surface area contributed by atoms with Crippen molar-refractivity contribution in [2.45, 2.75) is 69.5 Å². The molecular weight excluding hydrogens is 1500 g/mol. The summed E-state index contributed by atoms with van der Waals surface area (Å²) in [6.07, 6.45) is 22.5. The number of fused-ring (bicyclic) bond motifs is 24. The molecule has 0 saturated heterocycles. The number of para-hydroxylation sites is 8. The molecule has 8 nitrogen and oxygen atoms in total. The van der Waals surface area contributed by atoms with E-state index in [9.17, 15) is 0 Å². The summed E-state index contributed by atoms with van der Waals surface area (Å²) in [7, 11) is 0. The molecule has 5 unspecified atom stereocenters. The fourth-order valence-electron chi connectivity index (χ4n) is 22.4. The van der Waals surface area contributed by atoms with Crippen LogP contribution >= 0.6 is 0 Å². The Kier molecular flexibility index (Phi) is 15.4. The molecule has 123 heavy (non-hydrogen) atoms. The minimum absolute atomic E-state index is 0.00198. The Balaban J connectivity index is 0.584. The normalized spacial score (nSPS) is 19.0. The van der Waals surface area contributed by atoms with Gasteiger partial charge in [0.15, 0.2) is 11.2 Å². The number of allylic oxidation sites excluding steroid dienone is 5. The molecule has 0 bridgehead atoms. The summed E-state index contributed by atoms with van der Waals surface area (Å²) < 4.78 is 18.7. The lowest BCUT2D eigenvalue weighted by atomic mass is 9.75. The van der Waals surface area contributed by atoms with E-state index in [0.717, 1.165) is 123 Å². The average molecular weight is 1580 g/mol. The molecule has 0 fully saturated rings. The summed E-state index contributed by atoms with van der Waals surface area (Å²) in [6.45, 7) is 11.7. The molecule has 20 aromatic rings. The van der Waals surface area contributed by atoms with Gasteiger partial charge in [-0.25, -0.2) is 0 Å². The van der Waals surface area contributed by atoms with E-state index in [1.165, 1.54) is 99.1 Å². The molecule has 3 aliphatic carbocycles. The van der Waals surface area contributed by atoms with Gasteiger partial charge in [-0.3, -0.25) is 0 Å². The fourth-order valence-corrected chi connectivity index (χ4v) is 22.4. The van der Waals surface area contributed by atoms with Crippen LogP contribution in [-0.4, -0.2) is 25.8 Å². The average Bonchev–Trinajstić information content (AvgIpc) is 1.52. The zero-order chi connectivity index (χ0) is 81.7. The van der Waals surface area contributed by atoms with Gasteiger partial charge in [0.25, 0.3) is 0 Å². The summed E-state index contributed by atoms with van der Waals surface area (Å²) in [5.74, 6) is 0.0351. The first-order valence-corrected chi connectivity index (χ1v) is 43.1. The van der Waals surface area contributed by atoms with Gasteiger partial charge in [-0.2, -0.15) is 0 Å². The number of hydrogen-bond donors (Lipinski definition) is 0. The third-order valence-corrected chi connectivity index (χ3v) is 27.6. The quantitative estimate of drug-likeness (QED) is 0.121. The van der Waals surface area contributed by atoms with Crippen LogP contribution in [0.5, 0.6) is 0 Å². The largest absolute Gasteiger partial charge is 0.454 e. The lowest BCUT2D eigenvalue weighted by Crippen LogP contribution is -2.43. The first kappa shape index (κ1) is 70.9. The second kappa shape index (κ2) is 26.7. The SMILES string of the molecule is CC1=CC=CC(C)(N(c2ccc3c4c5ccc6c(c5ccc4n(-c4ccccc4)c3c2)c2ccc(-c3ccc(C4=CC5(C)C(C=C4)c4c(ccc7c8c(ccc47)N(c4ccccc4)C4(C)C=C(N(c7cccc(C)c7)c7cccc9c7oc7ccccc79)C=CC84)N5c4ccccc4)cc3)cc2n6-c2ccccc2)c2cccc3c2oc2ccccc23)C1. The predicted molar refractivity (Wildman–Crippen MR) is 515 cm³/mol. The number of furan rings is 2. The summed E-state index contributed by atoms with van der Waals surface area (Å²) in [5.41, 5.74) is 28.9. The molecular formula is C115H84N6O2. The van der Waals surface area contributed by atoms with Crippen molar-refractivity contribution in [1.29, 1.82) is 0 Å². The first-order chi connectivity index (χ1) is 60.4. The molecule has 5 aliphatic rings. The number of aromatic nitrogens is 2. The highest BCUT2D eigenvalue weighted by atomic mass is 16.3. The number of aryl methyl sites for hydroxylation is 1. The zero-order valence-corrected chi connectivity index (χ0v) is 68.9. The second-order valence-electron chi connectivity index (χ2n) is 35.0. The van der Waals surface area contributed by atoms with E-state index >= 15 is 0 Å². The number of anilines is 8. The van der Waals surface area contributed by atoms with Crippen LogP contribution in [0.15, 0.2) is 415 Å². The molecule has 25 rings (SSSR count). The lowest BCUT2D eigenvalue weighted by molar-refractivity contribution is 0.538. The van der Waals surface area contributed by atoms with Crippen LogP contribution in [0.1, 0.15) is 68.2 Å². The van der Waals surface area contributed by atoms with Gasteiger partial charge in [0.05, 0.1) is 50.1 Å². The maximum absolute atomic E-state index is 6.88. The van der Waals surface area contributed by atoms with E-state index in [0.29, 0.717) is 0 Å². The monoisotopic (exact) mass is 1580 g/mol. The van der Waals surface area contributed by atoms with E-state index in [4.69, 9.17) is 8.83 Å². The molecule has 0 spiro atoms. The van der Waals surface area contributed by atoms with Gasteiger partial charge in [0.1, 0.15) is 11.2 Å². The van der Waals surface area contributed by atoms with Crippen LogP contribution in [0, 0.1) is 6.92 Å². The summed E-state index contributed by atoms with van der Waals surface area (Å²) >= 11 is 0. The van der Waals surface area contributed by atoms with Crippen LogP contribution in [0.3, 0.4) is 0 Å². The third-order valence-electron chi connectivity index (χ3n) is 27.6. The van der Waals surface area contributed by atoms with Crippen LogP contribution in [0.25, 0.3) is 137 Å². The highest BCUT2D eigenvalue weighted by molar-refractivity contribution is 6.30. The molecule has 0 amide bonds. The predicted octanol–water partition coefficient (Wildman–Crippen LogP) is 30.7. The molecule has 6 heterocycles. The van der Waals surface area contributed by atoms with Crippen molar-refractivity contribution < 1.29 is 8.83 Å². The maximum Gasteiger partial charge on any atom is 0.159 e. The third kappa shape index (κ3) is 10.5. The molecule has 2 aliphatic heterocycles. The van der Waals surface area contributed by atoms with Crippen molar-refractivity contribution >= 4 is 160 Å². The Bertz CT molecular complexity index is 8070. The smallest absolute Gasteiger partial charge is 0.159 e. The highest BCUT2D eigenvalue weighted by Crippen LogP contribution is 2.63. The maximum atomic E-state index is 6.88. The topological polar surface area (TPSA) is 49.1 Å². The van der Waals surface area contributed by atoms with Crippen molar-refractivity contribution in [2.24, 2.45) is 0 Å². The van der Waals surface area contributed by atoms with Gasteiger partial charge >= 0.3 is 0 Å². The Labute approximate surface area is 712 Å². The molecule has 586 valence electrons. The first-order valence-electron chi connectivity index (χ1n) is 43.1. The van der Waals surface area contributed by atoms with Crippen LogP contribution in [0.4, 0.5) is 45.5 Å². The molecule has 16 aromatic carbocycles. The van der Waals surface area contributed by atoms with Crippen LogP contribution in [0.2, 0.25) is 0 Å². The van der Waals surface area contributed by atoms with Crippen LogP contribution < -0.4 is 19.6 Å². The van der Waals surface area contributed by atoms with Crippen molar-refractivity contribution in [3.05, 3.63) is 428 Å². The Hall–Kier alpha value is -15.1. The minimum atomic E-state index is -0.530. The van der Waals surface area contributed by atoms with E-state index in [1.54, 1.807) is 0 Å². The number of rotatable bonds is 12. The van der Waals surface area contributed by atoms with Gasteiger partial charge in [0, 0.05) is 106 Å². The summed E-state index contributed by atoms with van der Waals surface area (Å²) in [5, 5.41) is 14.3. The van der Waals surface area contributed by atoms with Crippen molar-refractivity contribution in [3.63, 3.8) is 0 Å². The van der Waals surface area contributed by atoms with E-state index in [1.807, 2.05) is 0 Å². The molecule has 4 aromatic heterocycles. The molecule has 8 heteroatoms. The number of nitrogens with zero attached hydrogens (tertiary/aromatic N) is 6. The molecule has 5 atom stereocenters. The van der Waals surface area contributed by atoms with E-state index in [-0.39, 0.29) is 11.8 Å². The Morgan fingerprint density at radius 2 is 0.837 bits per heavy atom. The standard InChI is InChI=1S/C115H84N6O2/c1-72-26-22-36-82(66-72)116(101-41-23-39-91-85-37-18-20-43-105(85)122-111(91)101)84-52-60-96-110-90-57-63-99-109(89(90)58-64-100(110)121(115(96,5)71-84)81-34-16-9-17-35-81)95-59-50-77(70-114(95,4)120(99)80-32-14-8-15-33-80)75-47-45-74(46-48-75)76-49-53-93-103(67-76)117(78-28-10-6-11-29-78)97-61-55-88-87(107(93)97)56-62-98-108(88)94-54-51-83(68-104(94)118(98)79-30-12-7-13-31-79)119(113(3)65-25-27-73(2)69-113)102-42-24-40-92-86-38-19-21-44-106(86)123-112(92)102/h6-68,70-71,95-96H,69H2,1-5H3. The zero-order valence-electron chi connectivity index (χ0n) is 68.9. The molecule has 0 saturated carbocycles. The van der Waals surface area contributed by atoms with Crippen molar-refractivity contribution in [2.75, 3.05) is 19.6 Å². The number of hydrogen-bond acceptors (Lipinski definition) is 6. The summed E-state index contributed by atoms with van der Waals surface area (Å²) in [4.78, 5) is 10.2. The van der Waals surface area contributed by atoms with Crippen molar-refractivity contribution in [1.82, 2.24) is 9.13 Å². The van der Waals surface area contributed by atoms with E-state index in [2.05, 4.69) is 458 Å². The summed E-state index contributed by atoms with van der Waals surface area (Å²) in [6, 6.07) is 126. The van der Waals surface area contributed by atoms with Gasteiger partial charge in [-0.05, 0) is 241 Å². The molecule has 0 N–H and O–H groups in total. The van der Waals surface area contributed by atoms with Gasteiger partial charge in [-0.1, -0.05) is 260 Å². The van der Waals surface area contributed by atoms with E-state index < -0.39 is 16.6 Å². The van der Waals surface area contributed by atoms with Gasteiger partial charge in [-0.15, -0.1) is 0 Å². The number of benzene rings is 16. The Morgan fingerprint density at radius 3 is 1.42 bits per heavy atom. The highest BCUT2D eigenvalue weighted by Gasteiger charge is 2.53. The lowest BCUT2D eigenvalue weighted by Gasteiger charge is -2.42. The van der Waals surface area contributed by atoms with Gasteiger partial charge in [0.2, 0.25) is 0 Å². The minimum Gasteiger partial charge on any atom is -0.454 e. The Morgan fingerprint density at radius 1 is 0.358 bits per heavy atom. The fraction of sp³-hybridized carbons (Fsp3) is 0.0957. The molecule has 0 radical (unpaired) electrons. The van der Waals surface area contributed by atoms with Gasteiger partial charge < -0.3 is 37.6 Å². The second-order valence-corrected chi connectivity index (χ2v) is 35.0. The van der Waals surface area contributed by atoms with Crippen LogP contribution in [-0.2, 0) is 0 Å².